The monoisotopic (exact) mass is 390 g/mol. The molecular formula is C22H18N2O3S. The van der Waals surface area contributed by atoms with Gasteiger partial charge in [-0.3, -0.25) is 4.79 Å². The number of furan rings is 1. The zero-order valence-electron chi connectivity index (χ0n) is 15.0. The predicted octanol–water partition coefficient (Wildman–Crippen LogP) is 4.91. The number of carbonyl (C=O) groups is 1. The van der Waals surface area contributed by atoms with Crippen LogP contribution in [0.1, 0.15) is 21.1 Å². The molecule has 2 heterocycles. The van der Waals surface area contributed by atoms with Crippen molar-refractivity contribution in [3.63, 3.8) is 0 Å². The van der Waals surface area contributed by atoms with E-state index in [-0.39, 0.29) is 18.3 Å². The standard InChI is InChI=1S/C22H18N2O3S/c25-22(21-17(11-12-26-21)14-27-18-9-5-2-6-10-18)23-13-20-24-19(15-28-20)16-7-3-1-4-8-16/h1-12,15H,13-14H2,(H,23,25). The Morgan fingerprint density at radius 1 is 1.04 bits per heavy atom. The van der Waals surface area contributed by atoms with Crippen LogP contribution in [0.4, 0.5) is 0 Å². The Morgan fingerprint density at radius 2 is 1.79 bits per heavy atom. The van der Waals surface area contributed by atoms with Gasteiger partial charge in [0, 0.05) is 16.5 Å². The molecule has 0 atom stereocenters. The molecule has 0 bridgehead atoms. The van der Waals surface area contributed by atoms with Gasteiger partial charge >= 0.3 is 0 Å². The van der Waals surface area contributed by atoms with E-state index in [4.69, 9.17) is 9.15 Å². The molecule has 0 fully saturated rings. The van der Waals surface area contributed by atoms with E-state index in [0.717, 1.165) is 22.0 Å². The molecule has 6 heteroatoms. The molecule has 0 aliphatic heterocycles. The van der Waals surface area contributed by atoms with E-state index >= 15 is 0 Å². The zero-order valence-corrected chi connectivity index (χ0v) is 15.8. The van der Waals surface area contributed by atoms with Crippen molar-refractivity contribution in [1.82, 2.24) is 10.3 Å². The molecule has 0 spiro atoms. The Kier molecular flexibility index (Phi) is 5.49. The molecule has 1 N–H and O–H groups in total. The molecule has 0 saturated carbocycles. The number of amides is 1. The number of carbonyl (C=O) groups excluding carboxylic acids is 1. The van der Waals surface area contributed by atoms with Crippen molar-refractivity contribution in [2.24, 2.45) is 0 Å². The largest absolute Gasteiger partial charge is 0.489 e. The lowest BCUT2D eigenvalue weighted by atomic mass is 10.2. The maximum absolute atomic E-state index is 12.5. The van der Waals surface area contributed by atoms with Gasteiger partial charge in [-0.25, -0.2) is 4.98 Å². The van der Waals surface area contributed by atoms with Gasteiger partial charge in [0.1, 0.15) is 17.4 Å². The normalized spacial score (nSPS) is 10.6. The maximum Gasteiger partial charge on any atom is 0.287 e. The molecule has 0 saturated heterocycles. The van der Waals surface area contributed by atoms with Crippen LogP contribution in [-0.4, -0.2) is 10.9 Å². The summed E-state index contributed by atoms with van der Waals surface area (Å²) < 4.78 is 11.1. The Morgan fingerprint density at radius 3 is 2.57 bits per heavy atom. The average Bonchev–Trinajstić information content (AvgIpc) is 3.41. The molecule has 2 aromatic carbocycles. The van der Waals surface area contributed by atoms with Gasteiger partial charge < -0.3 is 14.5 Å². The fraction of sp³-hybridized carbons (Fsp3) is 0.0909. The topological polar surface area (TPSA) is 64.4 Å². The highest BCUT2D eigenvalue weighted by Gasteiger charge is 2.16. The summed E-state index contributed by atoms with van der Waals surface area (Å²) in [5.41, 5.74) is 2.66. The van der Waals surface area contributed by atoms with Crippen molar-refractivity contribution < 1.29 is 13.9 Å². The van der Waals surface area contributed by atoms with Gasteiger partial charge in [-0.05, 0) is 18.2 Å². The lowest BCUT2D eigenvalue weighted by Gasteiger charge is -2.06. The summed E-state index contributed by atoms with van der Waals surface area (Å²) in [5.74, 6) is 0.718. The predicted molar refractivity (Wildman–Crippen MR) is 108 cm³/mol. The molecule has 28 heavy (non-hydrogen) atoms. The Bertz CT molecular complexity index is 1040. The van der Waals surface area contributed by atoms with Crippen LogP contribution in [0, 0.1) is 0 Å². The fourth-order valence-corrected chi connectivity index (χ4v) is 3.44. The summed E-state index contributed by atoms with van der Waals surface area (Å²) in [4.78, 5) is 17.1. The van der Waals surface area contributed by atoms with Gasteiger partial charge in [0.05, 0.1) is 18.5 Å². The average molecular weight is 390 g/mol. The molecule has 1 amide bonds. The van der Waals surface area contributed by atoms with Crippen LogP contribution < -0.4 is 10.1 Å². The second kappa shape index (κ2) is 8.54. The molecule has 2 aromatic heterocycles. The van der Waals surface area contributed by atoms with Crippen LogP contribution >= 0.6 is 11.3 Å². The molecule has 0 radical (unpaired) electrons. The molecule has 4 aromatic rings. The number of thiazole rings is 1. The summed E-state index contributed by atoms with van der Waals surface area (Å²) in [6, 6.07) is 21.2. The van der Waals surface area contributed by atoms with Crippen molar-refractivity contribution >= 4 is 17.2 Å². The van der Waals surface area contributed by atoms with Gasteiger partial charge in [-0.2, -0.15) is 0 Å². The van der Waals surface area contributed by atoms with E-state index < -0.39 is 0 Å². The van der Waals surface area contributed by atoms with Crippen molar-refractivity contribution in [3.05, 3.63) is 94.7 Å². The molecule has 0 unspecified atom stereocenters. The van der Waals surface area contributed by atoms with Crippen molar-refractivity contribution in [2.75, 3.05) is 0 Å². The summed E-state index contributed by atoms with van der Waals surface area (Å²) in [6.45, 7) is 0.606. The van der Waals surface area contributed by atoms with Crippen LogP contribution in [-0.2, 0) is 13.2 Å². The van der Waals surface area contributed by atoms with Crippen LogP contribution in [0.5, 0.6) is 5.75 Å². The molecule has 4 rings (SSSR count). The van der Waals surface area contributed by atoms with Crippen LogP contribution in [0.2, 0.25) is 0 Å². The van der Waals surface area contributed by atoms with Gasteiger partial charge in [0.2, 0.25) is 0 Å². The maximum atomic E-state index is 12.5. The second-order valence-corrected chi connectivity index (χ2v) is 6.99. The van der Waals surface area contributed by atoms with E-state index in [1.54, 1.807) is 6.07 Å². The summed E-state index contributed by atoms with van der Waals surface area (Å²) in [5, 5.41) is 5.69. The molecule has 0 aliphatic rings. The summed E-state index contributed by atoms with van der Waals surface area (Å²) in [6.07, 6.45) is 1.50. The molecular weight excluding hydrogens is 372 g/mol. The van der Waals surface area contributed by atoms with Gasteiger partial charge in [-0.15, -0.1) is 11.3 Å². The highest BCUT2D eigenvalue weighted by atomic mass is 32.1. The number of para-hydroxylation sites is 1. The Hall–Kier alpha value is -3.38. The SMILES string of the molecule is O=C(NCc1nc(-c2ccccc2)cs1)c1occc1COc1ccccc1. The van der Waals surface area contributed by atoms with Crippen LogP contribution in [0.15, 0.2) is 82.8 Å². The minimum Gasteiger partial charge on any atom is -0.489 e. The number of hydrogen-bond donors (Lipinski definition) is 1. The minimum absolute atomic E-state index is 0.260. The third-order valence-corrected chi connectivity index (χ3v) is 4.96. The minimum atomic E-state index is -0.284. The quantitative estimate of drug-likeness (QED) is 0.487. The number of nitrogens with zero attached hydrogens (tertiary/aromatic N) is 1. The third-order valence-electron chi connectivity index (χ3n) is 4.11. The highest BCUT2D eigenvalue weighted by Crippen LogP contribution is 2.21. The molecule has 5 nitrogen and oxygen atoms in total. The number of ether oxygens (including phenoxy) is 1. The Balaban J connectivity index is 1.36. The first kappa shape index (κ1) is 18.0. The first-order valence-electron chi connectivity index (χ1n) is 8.82. The lowest BCUT2D eigenvalue weighted by molar-refractivity contribution is 0.0919. The van der Waals surface area contributed by atoms with E-state index in [0.29, 0.717) is 12.1 Å². The summed E-state index contributed by atoms with van der Waals surface area (Å²) in [7, 11) is 0. The Labute approximate surface area is 166 Å². The van der Waals surface area contributed by atoms with E-state index in [1.807, 2.05) is 66.0 Å². The lowest BCUT2D eigenvalue weighted by Crippen LogP contribution is -2.23. The zero-order chi connectivity index (χ0) is 19.2. The molecule has 0 aliphatic carbocycles. The first-order chi connectivity index (χ1) is 13.8. The second-order valence-electron chi connectivity index (χ2n) is 6.05. The highest BCUT2D eigenvalue weighted by molar-refractivity contribution is 7.09. The van der Waals surface area contributed by atoms with E-state index in [1.165, 1.54) is 17.6 Å². The number of benzene rings is 2. The molecule has 140 valence electrons. The van der Waals surface area contributed by atoms with Gasteiger partial charge in [-0.1, -0.05) is 48.5 Å². The van der Waals surface area contributed by atoms with E-state index in [2.05, 4.69) is 10.3 Å². The number of rotatable bonds is 7. The number of aromatic nitrogens is 1. The van der Waals surface area contributed by atoms with Crippen molar-refractivity contribution in [2.45, 2.75) is 13.2 Å². The summed E-state index contributed by atoms with van der Waals surface area (Å²) >= 11 is 1.51. The fourth-order valence-electron chi connectivity index (χ4n) is 2.70. The van der Waals surface area contributed by atoms with Gasteiger partial charge in [0.15, 0.2) is 5.76 Å². The van der Waals surface area contributed by atoms with Crippen molar-refractivity contribution in [3.8, 4) is 17.0 Å². The van der Waals surface area contributed by atoms with Crippen LogP contribution in [0.3, 0.4) is 0 Å². The van der Waals surface area contributed by atoms with Crippen LogP contribution in [0.25, 0.3) is 11.3 Å². The van der Waals surface area contributed by atoms with Gasteiger partial charge in [0.25, 0.3) is 5.91 Å². The smallest absolute Gasteiger partial charge is 0.287 e. The van der Waals surface area contributed by atoms with Crippen molar-refractivity contribution in [1.29, 1.82) is 0 Å². The number of nitrogens with one attached hydrogen (secondary N) is 1. The first-order valence-corrected chi connectivity index (χ1v) is 9.70. The number of hydrogen-bond acceptors (Lipinski definition) is 5. The third kappa shape index (κ3) is 4.29. The van der Waals surface area contributed by atoms with E-state index in [9.17, 15) is 4.79 Å².